The van der Waals surface area contributed by atoms with Gasteiger partial charge in [0.1, 0.15) is 0 Å². The lowest BCUT2D eigenvalue weighted by atomic mass is 10.0. The molecule has 0 aromatic heterocycles. The number of aliphatic hydroxyl groups is 2. The summed E-state index contributed by atoms with van der Waals surface area (Å²) in [5, 5.41) is 19.2. The van der Waals surface area contributed by atoms with Crippen molar-refractivity contribution < 1.29 is 14.9 Å². The molecule has 3 rings (SSSR count). The minimum absolute atomic E-state index is 0.402. The zero-order valence-corrected chi connectivity index (χ0v) is 16.6. The Bertz CT molecular complexity index is 721. The normalized spacial score (nSPS) is 14.9. The first-order chi connectivity index (χ1) is 12.9. The van der Waals surface area contributed by atoms with E-state index in [-0.39, 0.29) is 0 Å². The molecule has 2 unspecified atom stereocenters. The molecule has 0 saturated heterocycles. The topological polar surface area (TPSA) is 52.9 Å². The maximum Gasteiger partial charge on any atom is 0.151 e. The van der Waals surface area contributed by atoms with Crippen LogP contribution in [-0.2, 0) is 0 Å². The van der Waals surface area contributed by atoms with E-state index in [9.17, 15) is 10.2 Å². The summed E-state index contributed by atoms with van der Waals surface area (Å²) >= 11 is 0. The molecule has 2 N–H and O–H groups in total. The van der Waals surface area contributed by atoms with Gasteiger partial charge >= 0.3 is 0 Å². The van der Waals surface area contributed by atoms with Crippen molar-refractivity contribution in [2.45, 2.75) is 65.1 Å². The molecule has 0 saturated carbocycles. The molecule has 4 nitrogen and oxygen atoms in total. The number of hydrogen-bond acceptors (Lipinski definition) is 4. The standard InChI is InChI=1S/C23H31NO3/c1-16-8-10-20-22(13-16)27-23-14-17(2)9-11-21(23)24(20)12-6-4-5-7-19(26)15-18(3)25/h8-11,13-14,18-19,25-26H,4-7,12,15H2,1-3H3. The first-order valence-electron chi connectivity index (χ1n) is 9.97. The van der Waals surface area contributed by atoms with Gasteiger partial charge in [-0.3, -0.25) is 0 Å². The second-order valence-corrected chi connectivity index (χ2v) is 7.78. The minimum atomic E-state index is -0.437. The molecular formula is C23H31NO3. The number of aliphatic hydroxyl groups excluding tert-OH is 2. The van der Waals surface area contributed by atoms with Crippen LogP contribution >= 0.6 is 0 Å². The quantitative estimate of drug-likeness (QED) is 0.625. The second kappa shape index (κ2) is 8.77. The van der Waals surface area contributed by atoms with E-state index in [0.29, 0.717) is 6.42 Å². The fourth-order valence-electron chi connectivity index (χ4n) is 3.68. The van der Waals surface area contributed by atoms with Crippen LogP contribution in [0.1, 0.15) is 50.2 Å². The Hall–Kier alpha value is -2.04. The number of aryl methyl sites for hydroxylation is 2. The molecule has 27 heavy (non-hydrogen) atoms. The molecule has 1 aliphatic rings. The van der Waals surface area contributed by atoms with E-state index >= 15 is 0 Å². The van der Waals surface area contributed by atoms with Crippen LogP contribution in [0, 0.1) is 13.8 Å². The molecule has 0 fully saturated rings. The van der Waals surface area contributed by atoms with Crippen molar-refractivity contribution >= 4 is 11.4 Å². The Morgan fingerprint density at radius 3 is 2.04 bits per heavy atom. The number of rotatable bonds is 8. The van der Waals surface area contributed by atoms with Crippen LogP contribution in [-0.4, -0.2) is 29.0 Å². The van der Waals surface area contributed by atoms with Gasteiger partial charge in [-0.15, -0.1) is 0 Å². The second-order valence-electron chi connectivity index (χ2n) is 7.78. The fourth-order valence-corrected chi connectivity index (χ4v) is 3.68. The van der Waals surface area contributed by atoms with Crippen molar-refractivity contribution in [3.8, 4) is 11.5 Å². The molecule has 2 atom stereocenters. The molecule has 1 aliphatic heterocycles. The SMILES string of the molecule is Cc1ccc2c(c1)Oc1cc(C)ccc1N2CCCCCC(O)CC(C)O. The van der Waals surface area contributed by atoms with Gasteiger partial charge in [0.15, 0.2) is 11.5 Å². The van der Waals surface area contributed by atoms with Crippen LogP contribution in [0.2, 0.25) is 0 Å². The molecule has 0 aliphatic carbocycles. The highest BCUT2D eigenvalue weighted by molar-refractivity contribution is 5.78. The van der Waals surface area contributed by atoms with E-state index in [1.54, 1.807) is 6.92 Å². The third-order valence-electron chi connectivity index (χ3n) is 5.06. The Morgan fingerprint density at radius 2 is 1.48 bits per heavy atom. The third kappa shape index (κ3) is 5.02. The maximum absolute atomic E-state index is 9.89. The Kier molecular flexibility index (Phi) is 6.40. The average molecular weight is 370 g/mol. The number of anilines is 2. The summed E-state index contributed by atoms with van der Waals surface area (Å²) in [7, 11) is 0. The maximum atomic E-state index is 9.89. The molecule has 2 aromatic carbocycles. The van der Waals surface area contributed by atoms with E-state index in [0.717, 1.165) is 55.1 Å². The lowest BCUT2D eigenvalue weighted by Crippen LogP contribution is -2.22. The molecule has 0 bridgehead atoms. The lowest BCUT2D eigenvalue weighted by Gasteiger charge is -2.33. The van der Waals surface area contributed by atoms with Gasteiger partial charge < -0.3 is 19.8 Å². The van der Waals surface area contributed by atoms with Crippen molar-refractivity contribution in [2.24, 2.45) is 0 Å². The average Bonchev–Trinajstić information content (AvgIpc) is 2.59. The highest BCUT2D eigenvalue weighted by Crippen LogP contribution is 2.47. The third-order valence-corrected chi connectivity index (χ3v) is 5.06. The highest BCUT2D eigenvalue weighted by atomic mass is 16.5. The van der Waals surface area contributed by atoms with Gasteiger partial charge in [0.2, 0.25) is 0 Å². The molecule has 0 amide bonds. The summed E-state index contributed by atoms with van der Waals surface area (Å²) in [6.07, 6.45) is 3.44. The van der Waals surface area contributed by atoms with E-state index in [4.69, 9.17) is 4.74 Å². The van der Waals surface area contributed by atoms with Crippen molar-refractivity contribution in [1.29, 1.82) is 0 Å². The largest absolute Gasteiger partial charge is 0.453 e. The predicted octanol–water partition coefficient (Wildman–Crippen LogP) is 5.24. The smallest absolute Gasteiger partial charge is 0.151 e. The molecular weight excluding hydrogens is 338 g/mol. The first-order valence-corrected chi connectivity index (χ1v) is 9.97. The zero-order valence-electron chi connectivity index (χ0n) is 16.6. The van der Waals surface area contributed by atoms with Crippen molar-refractivity contribution in [2.75, 3.05) is 11.4 Å². The van der Waals surface area contributed by atoms with Crippen molar-refractivity contribution in [3.05, 3.63) is 47.5 Å². The zero-order chi connectivity index (χ0) is 19.4. The van der Waals surface area contributed by atoms with Gasteiger partial charge in [-0.25, -0.2) is 0 Å². The van der Waals surface area contributed by atoms with Crippen LogP contribution in [0.5, 0.6) is 11.5 Å². The molecule has 1 heterocycles. The molecule has 4 heteroatoms. The molecule has 146 valence electrons. The van der Waals surface area contributed by atoms with Gasteiger partial charge in [-0.1, -0.05) is 25.0 Å². The Labute approximate surface area is 162 Å². The summed E-state index contributed by atoms with van der Waals surface area (Å²) in [6.45, 7) is 6.80. The van der Waals surface area contributed by atoms with E-state index in [2.05, 4.69) is 55.1 Å². The van der Waals surface area contributed by atoms with E-state index < -0.39 is 12.2 Å². The summed E-state index contributed by atoms with van der Waals surface area (Å²) < 4.78 is 6.17. The number of hydrogen-bond donors (Lipinski definition) is 2. The molecule has 0 radical (unpaired) electrons. The Morgan fingerprint density at radius 1 is 0.889 bits per heavy atom. The molecule has 2 aromatic rings. The van der Waals surface area contributed by atoms with E-state index in [1.165, 1.54) is 11.1 Å². The summed E-state index contributed by atoms with van der Waals surface area (Å²) in [5.74, 6) is 1.83. The van der Waals surface area contributed by atoms with Crippen LogP contribution in [0.25, 0.3) is 0 Å². The van der Waals surface area contributed by atoms with Gasteiger partial charge in [0, 0.05) is 6.54 Å². The van der Waals surface area contributed by atoms with Gasteiger partial charge in [0.25, 0.3) is 0 Å². The fraction of sp³-hybridized carbons (Fsp3) is 0.478. The summed E-state index contributed by atoms with van der Waals surface area (Å²) in [4.78, 5) is 2.35. The van der Waals surface area contributed by atoms with Gasteiger partial charge in [-0.2, -0.15) is 0 Å². The number of fused-ring (bicyclic) bond motifs is 2. The lowest BCUT2D eigenvalue weighted by molar-refractivity contribution is 0.0834. The minimum Gasteiger partial charge on any atom is -0.453 e. The number of benzene rings is 2. The van der Waals surface area contributed by atoms with E-state index in [1.807, 2.05) is 0 Å². The monoisotopic (exact) mass is 369 g/mol. The van der Waals surface area contributed by atoms with Crippen LogP contribution in [0.4, 0.5) is 11.4 Å². The predicted molar refractivity (Wildman–Crippen MR) is 110 cm³/mol. The number of unbranched alkanes of at least 4 members (excludes halogenated alkanes) is 2. The Balaban J connectivity index is 1.65. The van der Waals surface area contributed by atoms with Gasteiger partial charge in [0.05, 0.1) is 23.6 Å². The van der Waals surface area contributed by atoms with Crippen molar-refractivity contribution in [1.82, 2.24) is 0 Å². The highest BCUT2D eigenvalue weighted by Gasteiger charge is 2.24. The summed E-state index contributed by atoms with van der Waals surface area (Å²) in [6, 6.07) is 12.7. The first kappa shape index (κ1) is 19.7. The van der Waals surface area contributed by atoms with Crippen LogP contribution < -0.4 is 9.64 Å². The van der Waals surface area contributed by atoms with Gasteiger partial charge in [-0.05, 0) is 75.4 Å². The van der Waals surface area contributed by atoms with Crippen LogP contribution in [0.3, 0.4) is 0 Å². The number of ether oxygens (including phenoxy) is 1. The molecule has 0 spiro atoms. The summed E-state index contributed by atoms with van der Waals surface area (Å²) in [5.41, 5.74) is 4.62. The van der Waals surface area contributed by atoms with Crippen molar-refractivity contribution in [3.63, 3.8) is 0 Å². The van der Waals surface area contributed by atoms with Crippen LogP contribution in [0.15, 0.2) is 36.4 Å². The number of nitrogens with zero attached hydrogens (tertiary/aromatic N) is 1.